The van der Waals surface area contributed by atoms with Crippen molar-refractivity contribution < 1.29 is 23.2 Å². The Balaban J connectivity index is 1.68. The lowest BCUT2D eigenvalue weighted by atomic mass is 9.92. The zero-order chi connectivity index (χ0) is 21.4. The summed E-state index contributed by atoms with van der Waals surface area (Å²) in [5, 5.41) is 5.06. The molecule has 4 rings (SSSR count). The first-order valence-corrected chi connectivity index (χ1v) is 8.96. The zero-order valence-electron chi connectivity index (χ0n) is 15.5. The first kappa shape index (κ1) is 19.3. The Bertz CT molecular complexity index is 1220. The molecule has 1 aliphatic rings. The molecule has 8 heteroatoms. The lowest BCUT2D eigenvalue weighted by molar-refractivity contribution is 0.0947. The predicted octanol–water partition coefficient (Wildman–Crippen LogP) is 3.23. The van der Waals surface area contributed by atoms with Crippen LogP contribution in [0.4, 0.5) is 14.5 Å². The Morgan fingerprint density at radius 3 is 2.37 bits per heavy atom. The van der Waals surface area contributed by atoms with E-state index in [1.54, 1.807) is 0 Å². The Hall–Kier alpha value is -4.07. The average molecular weight is 407 g/mol. The van der Waals surface area contributed by atoms with Crippen molar-refractivity contribution >= 4 is 23.4 Å². The summed E-state index contributed by atoms with van der Waals surface area (Å²) in [6.07, 6.45) is 0. The highest BCUT2D eigenvalue weighted by molar-refractivity contribution is 6.10. The third kappa shape index (κ3) is 3.28. The van der Waals surface area contributed by atoms with Crippen LogP contribution in [0.1, 0.15) is 36.6 Å². The molecule has 4 N–H and O–H groups in total. The average Bonchev–Trinajstić information content (AvgIpc) is 3.10. The maximum Gasteiger partial charge on any atom is 0.258 e. The van der Waals surface area contributed by atoms with Crippen LogP contribution >= 0.6 is 0 Å². The third-order valence-electron chi connectivity index (χ3n) is 4.87. The summed E-state index contributed by atoms with van der Waals surface area (Å²) in [6, 6.07) is 12.4. The van der Waals surface area contributed by atoms with Gasteiger partial charge in [-0.05, 0) is 47.5 Å². The van der Waals surface area contributed by atoms with Crippen LogP contribution in [-0.2, 0) is 6.54 Å². The van der Waals surface area contributed by atoms with Gasteiger partial charge in [-0.25, -0.2) is 8.78 Å². The van der Waals surface area contributed by atoms with Gasteiger partial charge in [0.05, 0.1) is 16.7 Å². The van der Waals surface area contributed by atoms with Crippen molar-refractivity contribution in [2.24, 2.45) is 5.73 Å². The van der Waals surface area contributed by atoms with Crippen molar-refractivity contribution in [1.29, 1.82) is 0 Å². The van der Waals surface area contributed by atoms with Gasteiger partial charge in [0, 0.05) is 17.8 Å². The van der Waals surface area contributed by atoms with Gasteiger partial charge in [0.25, 0.3) is 11.8 Å². The molecular weight excluding hydrogens is 392 g/mol. The molecule has 3 aromatic carbocycles. The highest BCUT2D eigenvalue weighted by Gasteiger charge is 2.28. The van der Waals surface area contributed by atoms with Crippen molar-refractivity contribution in [3.05, 3.63) is 88.5 Å². The Morgan fingerprint density at radius 2 is 1.67 bits per heavy atom. The van der Waals surface area contributed by atoms with Crippen LogP contribution in [0.15, 0.2) is 54.6 Å². The van der Waals surface area contributed by atoms with E-state index >= 15 is 0 Å². The van der Waals surface area contributed by atoms with Gasteiger partial charge in [-0.3, -0.25) is 14.4 Å². The molecule has 0 aliphatic carbocycles. The van der Waals surface area contributed by atoms with E-state index in [0.717, 1.165) is 12.1 Å². The fraction of sp³-hybridized carbons (Fsp3) is 0.0455. The maximum absolute atomic E-state index is 14.9. The summed E-state index contributed by atoms with van der Waals surface area (Å²) in [5.74, 6) is -3.25. The van der Waals surface area contributed by atoms with Crippen LogP contribution < -0.4 is 16.4 Å². The van der Waals surface area contributed by atoms with E-state index in [4.69, 9.17) is 5.73 Å². The van der Waals surface area contributed by atoms with Gasteiger partial charge in [-0.15, -0.1) is 0 Å². The summed E-state index contributed by atoms with van der Waals surface area (Å²) in [4.78, 5) is 35.9. The molecule has 0 unspecified atom stereocenters. The molecule has 0 fully saturated rings. The highest BCUT2D eigenvalue weighted by atomic mass is 19.1. The number of nitrogens with one attached hydrogen (secondary N) is 2. The molecule has 3 aromatic rings. The van der Waals surface area contributed by atoms with Crippen LogP contribution in [0.5, 0.6) is 0 Å². The number of halogens is 2. The van der Waals surface area contributed by atoms with E-state index in [2.05, 4.69) is 10.6 Å². The zero-order valence-corrected chi connectivity index (χ0v) is 15.5. The third-order valence-corrected chi connectivity index (χ3v) is 4.87. The van der Waals surface area contributed by atoms with Gasteiger partial charge >= 0.3 is 0 Å². The monoisotopic (exact) mass is 407 g/mol. The molecule has 0 bridgehead atoms. The summed E-state index contributed by atoms with van der Waals surface area (Å²) in [5.41, 5.74) is 6.60. The highest BCUT2D eigenvalue weighted by Crippen LogP contribution is 2.34. The SMILES string of the molecule is NC(=O)c1ccc(-c2ccc(NC(=O)c3ccccc3F)cc2F)c2c1C(=O)NC2. The number of carbonyl (C=O) groups excluding carboxylic acids is 3. The number of amides is 3. The minimum atomic E-state index is -0.749. The lowest BCUT2D eigenvalue weighted by Crippen LogP contribution is -2.19. The van der Waals surface area contributed by atoms with Crippen molar-refractivity contribution in [1.82, 2.24) is 5.32 Å². The van der Waals surface area contributed by atoms with E-state index in [1.165, 1.54) is 42.5 Å². The molecule has 0 atom stereocenters. The fourth-order valence-corrected chi connectivity index (χ4v) is 3.46. The molecule has 0 saturated carbocycles. The maximum atomic E-state index is 14.9. The van der Waals surface area contributed by atoms with Gasteiger partial charge < -0.3 is 16.4 Å². The predicted molar refractivity (Wildman–Crippen MR) is 106 cm³/mol. The van der Waals surface area contributed by atoms with Crippen molar-refractivity contribution in [2.45, 2.75) is 6.54 Å². The number of nitrogens with two attached hydrogens (primary N) is 1. The molecule has 3 amide bonds. The smallest absolute Gasteiger partial charge is 0.258 e. The summed E-state index contributed by atoms with van der Waals surface area (Å²) < 4.78 is 28.6. The fourth-order valence-electron chi connectivity index (χ4n) is 3.46. The molecule has 150 valence electrons. The molecule has 1 aliphatic heterocycles. The van der Waals surface area contributed by atoms with E-state index in [-0.39, 0.29) is 34.5 Å². The van der Waals surface area contributed by atoms with Gasteiger partial charge in [-0.1, -0.05) is 18.2 Å². The second kappa shape index (κ2) is 7.40. The second-order valence-corrected chi connectivity index (χ2v) is 6.69. The van der Waals surface area contributed by atoms with Crippen molar-refractivity contribution in [2.75, 3.05) is 5.32 Å². The molecule has 0 spiro atoms. The minimum Gasteiger partial charge on any atom is -0.366 e. The lowest BCUT2D eigenvalue weighted by Gasteiger charge is -2.12. The van der Waals surface area contributed by atoms with E-state index in [1.807, 2.05) is 0 Å². The van der Waals surface area contributed by atoms with Crippen LogP contribution in [0.25, 0.3) is 11.1 Å². The normalized spacial score (nSPS) is 12.3. The Labute approximate surface area is 169 Å². The minimum absolute atomic E-state index is 0.0675. The molecule has 0 radical (unpaired) electrons. The van der Waals surface area contributed by atoms with Gasteiger partial charge in [0.2, 0.25) is 5.91 Å². The Kier molecular flexibility index (Phi) is 4.75. The largest absolute Gasteiger partial charge is 0.366 e. The van der Waals surface area contributed by atoms with E-state index < -0.39 is 29.4 Å². The number of fused-ring (bicyclic) bond motifs is 1. The molecule has 1 heterocycles. The Morgan fingerprint density at radius 1 is 0.933 bits per heavy atom. The van der Waals surface area contributed by atoms with Gasteiger partial charge in [-0.2, -0.15) is 0 Å². The van der Waals surface area contributed by atoms with Crippen LogP contribution in [0.3, 0.4) is 0 Å². The van der Waals surface area contributed by atoms with E-state index in [0.29, 0.717) is 11.1 Å². The summed E-state index contributed by atoms with van der Waals surface area (Å²) >= 11 is 0. The second-order valence-electron chi connectivity index (χ2n) is 6.69. The van der Waals surface area contributed by atoms with Gasteiger partial charge in [0.1, 0.15) is 11.6 Å². The van der Waals surface area contributed by atoms with Crippen LogP contribution in [-0.4, -0.2) is 17.7 Å². The number of anilines is 1. The number of primary amides is 1. The quantitative estimate of drug-likeness (QED) is 0.619. The first-order chi connectivity index (χ1) is 14.4. The summed E-state index contributed by atoms with van der Waals surface area (Å²) in [7, 11) is 0. The first-order valence-electron chi connectivity index (χ1n) is 8.96. The van der Waals surface area contributed by atoms with Crippen LogP contribution in [0.2, 0.25) is 0 Å². The molecule has 0 aromatic heterocycles. The molecule has 0 saturated heterocycles. The van der Waals surface area contributed by atoms with Crippen molar-refractivity contribution in [3.8, 4) is 11.1 Å². The summed E-state index contributed by atoms with van der Waals surface area (Å²) in [6.45, 7) is 0.135. The number of hydrogen-bond acceptors (Lipinski definition) is 3. The van der Waals surface area contributed by atoms with Gasteiger partial charge in [0.15, 0.2) is 0 Å². The van der Waals surface area contributed by atoms with Crippen molar-refractivity contribution in [3.63, 3.8) is 0 Å². The number of hydrogen-bond donors (Lipinski definition) is 3. The molecule has 6 nitrogen and oxygen atoms in total. The number of benzene rings is 3. The number of carbonyl (C=O) groups is 3. The van der Waals surface area contributed by atoms with E-state index in [9.17, 15) is 23.2 Å². The molecule has 30 heavy (non-hydrogen) atoms. The standard InChI is InChI=1S/C22H15F2N3O3/c23-17-4-2-1-3-14(17)21(29)27-11-5-6-13(18(24)9-11)12-7-8-15(20(25)28)19-16(12)10-26-22(19)30/h1-9H,10H2,(H2,25,28)(H,26,30)(H,27,29). The van der Waals surface area contributed by atoms with Crippen LogP contribution in [0, 0.1) is 11.6 Å². The topological polar surface area (TPSA) is 101 Å². The molecular formula is C22H15F2N3O3. The number of rotatable bonds is 4.